The summed E-state index contributed by atoms with van der Waals surface area (Å²) < 4.78 is 42.9. The Morgan fingerprint density at radius 3 is 2.47 bits per heavy atom. The van der Waals surface area contributed by atoms with Crippen molar-refractivity contribution >= 4 is 44.9 Å². The topological polar surface area (TPSA) is 59.0 Å². The molecule has 3 aromatic rings. The number of hydrogen-bond donors (Lipinski definition) is 2. The molecular weight excluding hydrogens is 485 g/mol. The highest BCUT2D eigenvalue weighted by Gasteiger charge is 2.47. The molecule has 1 aliphatic rings. The quantitative estimate of drug-likeness (QED) is 0.450. The molecule has 156 valence electrons. The van der Waals surface area contributed by atoms with E-state index in [1.54, 1.807) is 48.5 Å². The zero-order valence-electron chi connectivity index (χ0n) is 15.3. The average molecular weight is 500 g/mol. The van der Waals surface area contributed by atoms with E-state index in [2.05, 4.69) is 31.7 Å². The number of aromatic nitrogens is 2. The summed E-state index contributed by atoms with van der Waals surface area (Å²) in [6.45, 7) is 0. The highest BCUT2D eigenvalue weighted by Crippen LogP contribution is 2.44. The van der Waals surface area contributed by atoms with Crippen molar-refractivity contribution in [2.24, 2.45) is 0 Å². The molecule has 0 radical (unpaired) electrons. The van der Waals surface area contributed by atoms with E-state index < -0.39 is 24.2 Å². The van der Waals surface area contributed by atoms with Crippen molar-refractivity contribution in [2.45, 2.75) is 24.7 Å². The van der Waals surface area contributed by atoms with Crippen molar-refractivity contribution in [3.8, 4) is 0 Å². The lowest BCUT2D eigenvalue weighted by Crippen LogP contribution is -2.36. The number of fused-ring (bicyclic) bond motifs is 1. The Labute approximate surface area is 183 Å². The van der Waals surface area contributed by atoms with Crippen molar-refractivity contribution in [3.05, 3.63) is 75.4 Å². The molecule has 10 heteroatoms. The van der Waals surface area contributed by atoms with Crippen LogP contribution in [0.25, 0.3) is 0 Å². The number of carbonyl (C=O) groups excluding carboxylic acids is 1. The fourth-order valence-electron chi connectivity index (χ4n) is 3.37. The van der Waals surface area contributed by atoms with Crippen LogP contribution in [-0.2, 0) is 0 Å². The second-order valence-corrected chi connectivity index (χ2v) is 8.21. The van der Waals surface area contributed by atoms with Gasteiger partial charge in [-0.05, 0) is 42.0 Å². The van der Waals surface area contributed by atoms with Crippen LogP contribution in [-0.4, -0.2) is 21.9 Å². The van der Waals surface area contributed by atoms with Crippen molar-refractivity contribution in [3.63, 3.8) is 0 Å². The van der Waals surface area contributed by atoms with Crippen LogP contribution in [0.2, 0.25) is 5.02 Å². The maximum absolute atomic E-state index is 13.8. The normalized spacial score (nSPS) is 18.4. The number of benzene rings is 2. The molecule has 0 spiro atoms. The first-order valence-electron chi connectivity index (χ1n) is 8.95. The number of alkyl halides is 3. The number of halogens is 5. The molecule has 0 saturated carbocycles. The number of amides is 1. The van der Waals surface area contributed by atoms with Gasteiger partial charge in [-0.1, -0.05) is 39.7 Å². The van der Waals surface area contributed by atoms with Crippen LogP contribution in [0.4, 0.5) is 24.7 Å². The van der Waals surface area contributed by atoms with Crippen LogP contribution >= 0.6 is 27.5 Å². The minimum absolute atomic E-state index is 0.0287. The van der Waals surface area contributed by atoms with E-state index in [9.17, 15) is 18.0 Å². The first-order valence-corrected chi connectivity index (χ1v) is 10.1. The van der Waals surface area contributed by atoms with Gasteiger partial charge in [-0.25, -0.2) is 4.68 Å². The molecule has 4 rings (SSSR count). The minimum Gasteiger partial charge on any atom is -0.363 e. The molecule has 2 aromatic carbocycles. The van der Waals surface area contributed by atoms with Crippen LogP contribution in [0, 0.1) is 0 Å². The van der Waals surface area contributed by atoms with Gasteiger partial charge in [-0.2, -0.15) is 18.3 Å². The average Bonchev–Trinajstić information content (AvgIpc) is 3.13. The second kappa shape index (κ2) is 7.96. The van der Waals surface area contributed by atoms with Gasteiger partial charge in [0.25, 0.3) is 5.91 Å². The maximum atomic E-state index is 13.8. The summed E-state index contributed by atoms with van der Waals surface area (Å²) in [4.78, 5) is 12.8. The van der Waals surface area contributed by atoms with E-state index >= 15 is 0 Å². The van der Waals surface area contributed by atoms with Gasteiger partial charge in [0.1, 0.15) is 11.4 Å². The van der Waals surface area contributed by atoms with Gasteiger partial charge in [0.15, 0.2) is 6.04 Å². The van der Waals surface area contributed by atoms with E-state index in [1.807, 2.05) is 0 Å². The Morgan fingerprint density at radius 1 is 1.17 bits per heavy atom. The highest BCUT2D eigenvalue weighted by atomic mass is 79.9. The van der Waals surface area contributed by atoms with Crippen LogP contribution in [0.15, 0.2) is 59.2 Å². The standard InChI is InChI=1S/C20H15BrClF3N4O/c21-12-3-1-11(2-4-12)16-9-17(20(23,24)25)29-18(28-16)15(10-26-29)19(30)27-14-7-5-13(22)6-8-14/h1-8,10,16-17,28H,9H2,(H,27,30)/t16-,17+/m0/s1. The summed E-state index contributed by atoms with van der Waals surface area (Å²) in [5.41, 5.74) is 1.18. The van der Waals surface area contributed by atoms with Crippen molar-refractivity contribution < 1.29 is 18.0 Å². The molecule has 2 heterocycles. The van der Waals surface area contributed by atoms with Gasteiger partial charge in [-0.3, -0.25) is 4.79 Å². The summed E-state index contributed by atoms with van der Waals surface area (Å²) >= 11 is 9.16. The lowest BCUT2D eigenvalue weighted by Gasteiger charge is -2.34. The van der Waals surface area contributed by atoms with Gasteiger partial charge < -0.3 is 10.6 Å². The Kier molecular flexibility index (Phi) is 5.50. The molecule has 0 bridgehead atoms. The fourth-order valence-corrected chi connectivity index (χ4v) is 3.76. The number of nitrogens with one attached hydrogen (secondary N) is 2. The predicted molar refractivity (Wildman–Crippen MR) is 112 cm³/mol. The zero-order chi connectivity index (χ0) is 21.5. The third-order valence-electron chi connectivity index (χ3n) is 4.86. The van der Waals surface area contributed by atoms with Crippen LogP contribution in [0.1, 0.15) is 34.4 Å². The van der Waals surface area contributed by atoms with Gasteiger partial charge >= 0.3 is 6.18 Å². The smallest absolute Gasteiger partial charge is 0.363 e. The molecule has 1 aromatic heterocycles. The molecule has 5 nitrogen and oxygen atoms in total. The molecule has 1 aliphatic heterocycles. The Bertz CT molecular complexity index is 1070. The Morgan fingerprint density at radius 2 is 1.83 bits per heavy atom. The van der Waals surface area contributed by atoms with Gasteiger partial charge in [0, 0.05) is 21.6 Å². The Balaban J connectivity index is 1.68. The summed E-state index contributed by atoms with van der Waals surface area (Å²) in [7, 11) is 0. The summed E-state index contributed by atoms with van der Waals surface area (Å²) in [5, 5.41) is 10.1. The van der Waals surface area contributed by atoms with E-state index in [-0.39, 0.29) is 17.8 Å². The van der Waals surface area contributed by atoms with E-state index in [0.717, 1.165) is 15.4 Å². The Hall–Kier alpha value is -2.52. The first kappa shape index (κ1) is 20.7. The first-order chi connectivity index (χ1) is 14.2. The SMILES string of the molecule is O=C(Nc1ccc(Cl)cc1)c1cnn2c1N[C@H](c1ccc(Br)cc1)C[C@@H]2C(F)(F)F. The zero-order valence-corrected chi connectivity index (χ0v) is 17.6. The van der Waals surface area contributed by atoms with Crippen LogP contribution < -0.4 is 10.6 Å². The number of nitrogens with zero attached hydrogens (tertiary/aromatic N) is 2. The third-order valence-corrected chi connectivity index (χ3v) is 5.64. The number of anilines is 2. The summed E-state index contributed by atoms with van der Waals surface area (Å²) in [6.07, 6.45) is -3.60. The molecule has 1 amide bonds. The lowest BCUT2D eigenvalue weighted by molar-refractivity contribution is -0.173. The lowest BCUT2D eigenvalue weighted by atomic mass is 9.96. The molecular formula is C20H15BrClF3N4O. The summed E-state index contributed by atoms with van der Waals surface area (Å²) in [5.74, 6) is -0.536. The van der Waals surface area contributed by atoms with Crippen LogP contribution in [0.5, 0.6) is 0 Å². The molecule has 0 saturated heterocycles. The maximum Gasteiger partial charge on any atom is 0.410 e. The molecule has 0 unspecified atom stereocenters. The van der Waals surface area contributed by atoms with E-state index in [1.165, 1.54) is 0 Å². The second-order valence-electron chi connectivity index (χ2n) is 6.85. The summed E-state index contributed by atoms with van der Waals surface area (Å²) in [6, 6.07) is 11.0. The predicted octanol–water partition coefficient (Wildman–Crippen LogP) is 6.21. The van der Waals surface area contributed by atoms with E-state index in [0.29, 0.717) is 16.3 Å². The highest BCUT2D eigenvalue weighted by molar-refractivity contribution is 9.10. The van der Waals surface area contributed by atoms with Crippen molar-refractivity contribution in [1.29, 1.82) is 0 Å². The fraction of sp³-hybridized carbons (Fsp3) is 0.200. The molecule has 2 N–H and O–H groups in total. The van der Waals surface area contributed by atoms with Crippen LogP contribution in [0.3, 0.4) is 0 Å². The minimum atomic E-state index is -4.51. The number of hydrogen-bond acceptors (Lipinski definition) is 3. The largest absolute Gasteiger partial charge is 0.410 e. The molecule has 30 heavy (non-hydrogen) atoms. The molecule has 2 atom stereocenters. The number of rotatable bonds is 3. The number of carbonyl (C=O) groups is 1. The van der Waals surface area contributed by atoms with Gasteiger partial charge in [-0.15, -0.1) is 0 Å². The van der Waals surface area contributed by atoms with Crippen molar-refractivity contribution in [1.82, 2.24) is 9.78 Å². The van der Waals surface area contributed by atoms with Gasteiger partial charge in [0.2, 0.25) is 0 Å². The van der Waals surface area contributed by atoms with Gasteiger partial charge in [0.05, 0.1) is 12.2 Å². The third kappa shape index (κ3) is 4.17. The molecule has 0 fully saturated rings. The van der Waals surface area contributed by atoms with E-state index in [4.69, 9.17) is 11.6 Å². The van der Waals surface area contributed by atoms with Crippen molar-refractivity contribution in [2.75, 3.05) is 10.6 Å². The molecule has 0 aliphatic carbocycles. The monoisotopic (exact) mass is 498 g/mol.